The van der Waals surface area contributed by atoms with E-state index in [1.807, 2.05) is 0 Å². The molecular weight excluding hydrogens is 532 g/mol. The van der Waals surface area contributed by atoms with Crippen LogP contribution in [0.15, 0.2) is 151 Å². The van der Waals surface area contributed by atoms with Crippen LogP contribution in [0.25, 0.3) is 33.1 Å². The average molecular weight is 569 g/mol. The van der Waals surface area contributed by atoms with Crippen LogP contribution in [0.4, 0.5) is 5.69 Å². The molecule has 2 heterocycles. The predicted octanol–water partition coefficient (Wildman–Crippen LogP) is 10.5. The van der Waals surface area contributed by atoms with E-state index in [0.717, 1.165) is 6.42 Å². The second-order valence-electron chi connectivity index (χ2n) is 12.7. The summed E-state index contributed by atoms with van der Waals surface area (Å²) in [4.78, 5) is 2.71. The quantitative estimate of drug-likeness (QED) is 0.209. The summed E-state index contributed by atoms with van der Waals surface area (Å²) in [5.41, 5.74) is 12.1. The summed E-state index contributed by atoms with van der Waals surface area (Å²) >= 11 is 0. The normalized spacial score (nSPS) is 22.5. The SMILES string of the molecule is C1=CC(C2=CCCCC2)=CC(N2c3ccccc3C3C=C(c4cccc5c6ccccc6n(-c6ccccc6)c45)C=CC32)C1. The number of hydrogen-bond donors (Lipinski definition) is 0. The molecule has 0 amide bonds. The minimum absolute atomic E-state index is 0.310. The lowest BCUT2D eigenvalue weighted by atomic mass is 9.85. The van der Waals surface area contributed by atoms with Crippen LogP contribution in [-0.4, -0.2) is 16.7 Å². The Bertz CT molecular complexity index is 2070. The van der Waals surface area contributed by atoms with E-state index in [-0.39, 0.29) is 0 Å². The summed E-state index contributed by atoms with van der Waals surface area (Å²) in [7, 11) is 0. The number of benzene rings is 4. The zero-order chi connectivity index (χ0) is 29.0. The van der Waals surface area contributed by atoms with Crippen molar-refractivity contribution in [1.29, 1.82) is 0 Å². The zero-order valence-corrected chi connectivity index (χ0v) is 24.9. The van der Waals surface area contributed by atoms with Crippen LogP contribution in [0.2, 0.25) is 0 Å². The molecule has 1 aromatic heterocycles. The second-order valence-corrected chi connectivity index (χ2v) is 12.7. The van der Waals surface area contributed by atoms with Gasteiger partial charge < -0.3 is 9.47 Å². The molecular formula is C42H36N2. The molecule has 2 nitrogen and oxygen atoms in total. The van der Waals surface area contributed by atoms with Crippen molar-refractivity contribution in [3.63, 3.8) is 0 Å². The van der Waals surface area contributed by atoms with Crippen molar-refractivity contribution < 1.29 is 0 Å². The maximum Gasteiger partial charge on any atom is 0.0619 e. The highest BCUT2D eigenvalue weighted by molar-refractivity contribution is 6.13. The van der Waals surface area contributed by atoms with Gasteiger partial charge in [0.2, 0.25) is 0 Å². The second kappa shape index (κ2) is 10.4. The van der Waals surface area contributed by atoms with Gasteiger partial charge in [-0.1, -0.05) is 115 Å². The van der Waals surface area contributed by atoms with Gasteiger partial charge >= 0.3 is 0 Å². The van der Waals surface area contributed by atoms with Gasteiger partial charge in [-0.25, -0.2) is 0 Å². The first-order chi connectivity index (χ1) is 21.8. The third-order valence-corrected chi connectivity index (χ3v) is 10.2. The average Bonchev–Trinajstić information content (AvgIpc) is 3.62. The number of para-hydroxylation sites is 4. The van der Waals surface area contributed by atoms with Crippen molar-refractivity contribution >= 4 is 33.1 Å². The Balaban J connectivity index is 1.17. The van der Waals surface area contributed by atoms with E-state index in [1.54, 1.807) is 5.57 Å². The van der Waals surface area contributed by atoms with Crippen molar-refractivity contribution in [2.75, 3.05) is 4.90 Å². The number of rotatable bonds is 4. The monoisotopic (exact) mass is 568 g/mol. The maximum absolute atomic E-state index is 2.71. The molecule has 0 N–H and O–H groups in total. The molecule has 2 heteroatoms. The van der Waals surface area contributed by atoms with Gasteiger partial charge in [-0.05, 0) is 78.7 Å². The molecule has 3 aliphatic carbocycles. The Morgan fingerprint density at radius 1 is 0.682 bits per heavy atom. The van der Waals surface area contributed by atoms with Crippen molar-refractivity contribution in [2.45, 2.75) is 50.1 Å². The molecule has 0 saturated carbocycles. The van der Waals surface area contributed by atoms with Crippen molar-refractivity contribution in [1.82, 2.24) is 4.57 Å². The minimum atomic E-state index is 0.310. The first-order valence-electron chi connectivity index (χ1n) is 16.3. The van der Waals surface area contributed by atoms with E-state index in [1.165, 1.54) is 81.1 Å². The Kier molecular flexibility index (Phi) is 6.07. The molecule has 4 aliphatic rings. The molecule has 44 heavy (non-hydrogen) atoms. The van der Waals surface area contributed by atoms with Crippen LogP contribution in [0.1, 0.15) is 49.1 Å². The third-order valence-electron chi connectivity index (χ3n) is 10.2. The van der Waals surface area contributed by atoms with Crippen molar-refractivity contribution in [3.05, 3.63) is 162 Å². The number of aromatic nitrogens is 1. The fourth-order valence-corrected chi connectivity index (χ4v) is 8.22. The van der Waals surface area contributed by atoms with Crippen LogP contribution in [0, 0.1) is 0 Å². The molecule has 1 aliphatic heterocycles. The van der Waals surface area contributed by atoms with Gasteiger partial charge in [0.05, 0.1) is 23.1 Å². The molecule has 3 atom stereocenters. The lowest BCUT2D eigenvalue weighted by molar-refractivity contribution is 0.611. The van der Waals surface area contributed by atoms with E-state index >= 15 is 0 Å². The van der Waals surface area contributed by atoms with E-state index in [2.05, 4.69) is 149 Å². The highest BCUT2D eigenvalue weighted by Crippen LogP contribution is 2.49. The van der Waals surface area contributed by atoms with Gasteiger partial charge in [0.1, 0.15) is 0 Å². The van der Waals surface area contributed by atoms with Crippen LogP contribution in [-0.2, 0) is 0 Å². The molecule has 0 saturated heterocycles. The molecule has 9 rings (SSSR count). The fraction of sp³-hybridized carbons (Fsp3) is 0.190. The molecule has 0 fully saturated rings. The van der Waals surface area contributed by atoms with E-state index in [9.17, 15) is 0 Å². The fourth-order valence-electron chi connectivity index (χ4n) is 8.22. The highest BCUT2D eigenvalue weighted by atomic mass is 15.2. The van der Waals surface area contributed by atoms with Gasteiger partial charge in [-0.2, -0.15) is 0 Å². The lowest BCUT2D eigenvalue weighted by Crippen LogP contribution is -2.41. The molecule has 4 aromatic carbocycles. The summed E-state index contributed by atoms with van der Waals surface area (Å²) in [6, 6.07) is 36.3. The zero-order valence-electron chi connectivity index (χ0n) is 24.9. The van der Waals surface area contributed by atoms with E-state index < -0.39 is 0 Å². The summed E-state index contributed by atoms with van der Waals surface area (Å²) < 4.78 is 2.45. The van der Waals surface area contributed by atoms with Crippen molar-refractivity contribution in [3.8, 4) is 5.69 Å². The van der Waals surface area contributed by atoms with E-state index in [0.29, 0.717) is 18.0 Å². The number of fused-ring (bicyclic) bond motifs is 6. The number of allylic oxidation sites excluding steroid dienone is 6. The number of anilines is 1. The Morgan fingerprint density at radius 2 is 1.52 bits per heavy atom. The molecule has 214 valence electrons. The van der Waals surface area contributed by atoms with Gasteiger partial charge in [0.15, 0.2) is 0 Å². The highest BCUT2D eigenvalue weighted by Gasteiger charge is 2.40. The smallest absolute Gasteiger partial charge is 0.0619 e. The molecule has 5 aromatic rings. The topological polar surface area (TPSA) is 8.17 Å². The third kappa shape index (κ3) is 4.01. The molecule has 0 spiro atoms. The standard InChI is InChI=1S/C42H36N2/c1-3-13-29(14-4-1)30-15-11-18-33(27-30)43-39-23-9-8-20-36(39)38-28-31(25-26-41(38)43)34-21-12-22-37-35-19-7-10-24-40(35)44(42(34)37)32-16-5-2-6-17-32/h2,5-13,15-17,19-28,33,38,41H,1,3-4,14,18H2. The summed E-state index contributed by atoms with van der Waals surface area (Å²) in [6.45, 7) is 0. The molecule has 0 radical (unpaired) electrons. The van der Waals surface area contributed by atoms with Gasteiger partial charge in [-0.3, -0.25) is 0 Å². The first-order valence-corrected chi connectivity index (χ1v) is 16.3. The first kappa shape index (κ1) is 25.7. The molecule has 3 unspecified atom stereocenters. The van der Waals surface area contributed by atoms with Crippen LogP contribution in [0.3, 0.4) is 0 Å². The number of nitrogens with zero attached hydrogens (tertiary/aromatic N) is 2. The Hall–Kier alpha value is -4.82. The number of hydrogen-bond acceptors (Lipinski definition) is 1. The van der Waals surface area contributed by atoms with Gasteiger partial charge in [0, 0.05) is 33.6 Å². The minimum Gasteiger partial charge on any atom is -0.357 e. The Morgan fingerprint density at radius 3 is 2.43 bits per heavy atom. The van der Waals surface area contributed by atoms with Crippen LogP contribution in [0.5, 0.6) is 0 Å². The lowest BCUT2D eigenvalue weighted by Gasteiger charge is -2.36. The summed E-state index contributed by atoms with van der Waals surface area (Å²) in [6.07, 6.45) is 23.4. The van der Waals surface area contributed by atoms with Crippen LogP contribution >= 0.6 is 0 Å². The summed E-state index contributed by atoms with van der Waals surface area (Å²) in [5.74, 6) is 0.313. The maximum atomic E-state index is 2.71. The van der Waals surface area contributed by atoms with Crippen LogP contribution < -0.4 is 4.90 Å². The largest absolute Gasteiger partial charge is 0.357 e. The van der Waals surface area contributed by atoms with Gasteiger partial charge in [0.25, 0.3) is 0 Å². The van der Waals surface area contributed by atoms with Crippen molar-refractivity contribution in [2.24, 2.45) is 0 Å². The predicted molar refractivity (Wildman–Crippen MR) is 186 cm³/mol. The van der Waals surface area contributed by atoms with Gasteiger partial charge in [-0.15, -0.1) is 0 Å². The Labute approximate surface area is 259 Å². The summed E-state index contributed by atoms with van der Waals surface area (Å²) in [5, 5.41) is 2.60. The van der Waals surface area contributed by atoms with E-state index in [4.69, 9.17) is 0 Å². The molecule has 0 bridgehead atoms.